The molecule has 1 atom stereocenters. The predicted molar refractivity (Wildman–Crippen MR) is 87.6 cm³/mol. The Hall–Kier alpha value is -2.22. The fourth-order valence-corrected chi connectivity index (χ4v) is 2.96. The van der Waals surface area contributed by atoms with Crippen molar-refractivity contribution in [2.75, 3.05) is 5.32 Å². The van der Waals surface area contributed by atoms with Crippen LogP contribution in [0.25, 0.3) is 0 Å². The van der Waals surface area contributed by atoms with Crippen molar-refractivity contribution in [3.05, 3.63) is 45.6 Å². The van der Waals surface area contributed by atoms with Gasteiger partial charge in [-0.05, 0) is 48.9 Å². The third kappa shape index (κ3) is 2.98. The van der Waals surface area contributed by atoms with E-state index in [4.69, 9.17) is 4.74 Å². The number of rotatable bonds is 3. The first-order chi connectivity index (χ1) is 11.0. The highest BCUT2D eigenvalue weighted by molar-refractivity contribution is 9.10. The molecule has 0 saturated heterocycles. The Morgan fingerprint density at radius 2 is 2.22 bits per heavy atom. The minimum Gasteiger partial charge on any atom is -0.459 e. The minimum atomic E-state index is -0.440. The number of fused-ring (bicyclic) bond motifs is 1. The molecule has 0 spiro atoms. The highest BCUT2D eigenvalue weighted by Crippen LogP contribution is 2.35. The standard InChI is InChI=1S/C15H16BrN5O2/c1-8(2)23-14(22)12-9(3)17-15-18-19-20-21(15)13(12)10-5-4-6-11(16)7-10/h4-8,13H,1-3H3,(H,17,18,20)/t13-/m0/s1. The van der Waals surface area contributed by atoms with Crippen molar-refractivity contribution < 1.29 is 9.53 Å². The number of carbonyl (C=O) groups is 1. The normalized spacial score (nSPS) is 17.0. The number of hydrogen-bond donors (Lipinski definition) is 1. The van der Waals surface area contributed by atoms with Crippen molar-refractivity contribution in [3.63, 3.8) is 0 Å². The van der Waals surface area contributed by atoms with E-state index in [1.807, 2.05) is 45.0 Å². The average molecular weight is 378 g/mol. The quantitative estimate of drug-likeness (QED) is 0.828. The molecular weight excluding hydrogens is 362 g/mol. The van der Waals surface area contributed by atoms with Gasteiger partial charge in [-0.1, -0.05) is 33.2 Å². The summed E-state index contributed by atoms with van der Waals surface area (Å²) in [6.45, 7) is 5.46. The number of allylic oxidation sites excluding steroid dienone is 1. The van der Waals surface area contributed by atoms with Crippen LogP contribution in [0, 0.1) is 0 Å². The van der Waals surface area contributed by atoms with E-state index in [9.17, 15) is 4.79 Å². The molecule has 1 aliphatic rings. The molecule has 2 heterocycles. The van der Waals surface area contributed by atoms with Crippen LogP contribution in [0.15, 0.2) is 40.0 Å². The Bertz CT molecular complexity index is 784. The molecule has 0 fully saturated rings. The molecule has 0 unspecified atom stereocenters. The van der Waals surface area contributed by atoms with Crippen LogP contribution < -0.4 is 5.32 Å². The van der Waals surface area contributed by atoms with Crippen LogP contribution >= 0.6 is 15.9 Å². The van der Waals surface area contributed by atoms with Gasteiger partial charge in [-0.3, -0.25) is 0 Å². The molecule has 120 valence electrons. The van der Waals surface area contributed by atoms with Gasteiger partial charge >= 0.3 is 5.97 Å². The second-order valence-corrected chi connectivity index (χ2v) is 6.44. The number of carbonyl (C=O) groups excluding carboxylic acids is 1. The number of anilines is 1. The summed E-state index contributed by atoms with van der Waals surface area (Å²) in [4.78, 5) is 12.6. The third-order valence-electron chi connectivity index (χ3n) is 3.44. The number of ether oxygens (including phenoxy) is 1. The van der Waals surface area contributed by atoms with Crippen LogP contribution in [0.5, 0.6) is 0 Å². The van der Waals surface area contributed by atoms with Crippen molar-refractivity contribution in [2.45, 2.75) is 32.9 Å². The zero-order chi connectivity index (χ0) is 16.6. The summed E-state index contributed by atoms with van der Waals surface area (Å²) in [6, 6.07) is 7.27. The van der Waals surface area contributed by atoms with E-state index >= 15 is 0 Å². The van der Waals surface area contributed by atoms with Crippen molar-refractivity contribution in [3.8, 4) is 0 Å². The van der Waals surface area contributed by atoms with E-state index in [0.717, 1.165) is 10.0 Å². The SMILES string of the molecule is CC1=C(C(=O)OC(C)C)[C@H](c2cccc(Br)c2)n2nnnc2N1. The lowest BCUT2D eigenvalue weighted by atomic mass is 9.96. The third-order valence-corrected chi connectivity index (χ3v) is 3.93. The maximum Gasteiger partial charge on any atom is 0.338 e. The molecule has 3 rings (SSSR count). The molecule has 1 aromatic heterocycles. The number of nitrogens with one attached hydrogen (secondary N) is 1. The van der Waals surface area contributed by atoms with Crippen LogP contribution in [-0.4, -0.2) is 32.3 Å². The molecule has 8 heteroatoms. The second-order valence-electron chi connectivity index (χ2n) is 5.52. The predicted octanol–water partition coefficient (Wildman–Crippen LogP) is 2.68. The lowest BCUT2D eigenvalue weighted by Gasteiger charge is -2.28. The smallest absolute Gasteiger partial charge is 0.338 e. The van der Waals surface area contributed by atoms with Crippen molar-refractivity contribution >= 4 is 27.8 Å². The zero-order valence-electron chi connectivity index (χ0n) is 12.9. The van der Waals surface area contributed by atoms with Crippen LogP contribution in [0.2, 0.25) is 0 Å². The Balaban J connectivity index is 2.13. The van der Waals surface area contributed by atoms with Gasteiger partial charge < -0.3 is 10.1 Å². The molecule has 23 heavy (non-hydrogen) atoms. The summed E-state index contributed by atoms with van der Waals surface area (Å²) in [5.74, 6) is 0.115. The van der Waals surface area contributed by atoms with E-state index < -0.39 is 6.04 Å². The number of halogens is 1. The molecule has 0 aliphatic carbocycles. The van der Waals surface area contributed by atoms with Crippen molar-refractivity contribution in [1.29, 1.82) is 0 Å². The molecule has 0 amide bonds. The van der Waals surface area contributed by atoms with Gasteiger partial charge in [-0.15, -0.1) is 0 Å². The monoisotopic (exact) mass is 377 g/mol. The number of nitrogens with zero attached hydrogens (tertiary/aromatic N) is 4. The summed E-state index contributed by atoms with van der Waals surface area (Å²) in [5, 5.41) is 14.7. The highest BCUT2D eigenvalue weighted by atomic mass is 79.9. The fourth-order valence-electron chi connectivity index (χ4n) is 2.54. The Labute approximate surface area is 141 Å². The van der Waals surface area contributed by atoms with Gasteiger partial charge in [-0.2, -0.15) is 4.68 Å². The molecule has 1 N–H and O–H groups in total. The Morgan fingerprint density at radius 3 is 2.91 bits per heavy atom. The summed E-state index contributed by atoms with van der Waals surface area (Å²) in [6.07, 6.45) is -0.207. The van der Waals surface area contributed by atoms with Gasteiger partial charge in [0.05, 0.1) is 11.7 Å². The lowest BCUT2D eigenvalue weighted by molar-refractivity contribution is -0.143. The van der Waals surface area contributed by atoms with Gasteiger partial charge in [0.25, 0.3) is 0 Å². The first-order valence-corrected chi connectivity index (χ1v) is 7.98. The highest BCUT2D eigenvalue weighted by Gasteiger charge is 2.35. The number of esters is 1. The van der Waals surface area contributed by atoms with Gasteiger partial charge in [0.1, 0.15) is 6.04 Å². The molecular formula is C15H16BrN5O2. The summed E-state index contributed by atoms with van der Waals surface area (Å²) >= 11 is 3.46. The molecule has 1 aromatic carbocycles. The molecule has 7 nitrogen and oxygen atoms in total. The number of benzene rings is 1. The van der Waals surface area contributed by atoms with Gasteiger partial charge in [-0.25, -0.2) is 4.79 Å². The maximum atomic E-state index is 12.6. The summed E-state index contributed by atoms with van der Waals surface area (Å²) < 4.78 is 7.91. The van der Waals surface area contributed by atoms with Crippen LogP contribution in [0.4, 0.5) is 5.95 Å². The summed E-state index contributed by atoms with van der Waals surface area (Å²) in [5.41, 5.74) is 2.07. The lowest BCUT2D eigenvalue weighted by Crippen LogP contribution is -2.30. The Morgan fingerprint density at radius 1 is 1.43 bits per heavy atom. The topological polar surface area (TPSA) is 81.9 Å². The summed E-state index contributed by atoms with van der Waals surface area (Å²) in [7, 11) is 0. The molecule has 2 aromatic rings. The molecule has 1 aliphatic heterocycles. The van der Waals surface area contributed by atoms with Crippen LogP contribution in [0.1, 0.15) is 32.4 Å². The van der Waals surface area contributed by atoms with E-state index in [1.165, 1.54) is 0 Å². The minimum absolute atomic E-state index is 0.207. The zero-order valence-corrected chi connectivity index (χ0v) is 14.5. The molecule has 0 bridgehead atoms. The number of tetrazole rings is 1. The number of aromatic nitrogens is 4. The average Bonchev–Trinajstić information content (AvgIpc) is 2.92. The van der Waals surface area contributed by atoms with Crippen LogP contribution in [-0.2, 0) is 9.53 Å². The number of hydrogen-bond acceptors (Lipinski definition) is 6. The van der Waals surface area contributed by atoms with Gasteiger partial charge in [0.2, 0.25) is 5.95 Å². The fraction of sp³-hybridized carbons (Fsp3) is 0.333. The largest absolute Gasteiger partial charge is 0.459 e. The first-order valence-electron chi connectivity index (χ1n) is 7.19. The maximum absolute atomic E-state index is 12.6. The van der Waals surface area contributed by atoms with E-state index in [0.29, 0.717) is 17.2 Å². The molecule has 0 radical (unpaired) electrons. The van der Waals surface area contributed by atoms with Gasteiger partial charge in [0, 0.05) is 10.2 Å². The van der Waals surface area contributed by atoms with Gasteiger partial charge in [0.15, 0.2) is 0 Å². The van der Waals surface area contributed by atoms with Crippen LogP contribution in [0.3, 0.4) is 0 Å². The Kier molecular flexibility index (Phi) is 4.16. The van der Waals surface area contributed by atoms with Crippen molar-refractivity contribution in [1.82, 2.24) is 20.2 Å². The van der Waals surface area contributed by atoms with E-state index in [-0.39, 0.29) is 12.1 Å². The van der Waals surface area contributed by atoms with E-state index in [2.05, 4.69) is 36.8 Å². The van der Waals surface area contributed by atoms with E-state index in [1.54, 1.807) is 4.68 Å². The van der Waals surface area contributed by atoms with Crippen molar-refractivity contribution in [2.24, 2.45) is 0 Å². The first kappa shape index (κ1) is 15.7. The second kappa shape index (κ2) is 6.11. The molecule has 0 saturated carbocycles.